The molecule has 0 atom stereocenters. The second-order valence-corrected chi connectivity index (χ2v) is 5.33. The summed E-state index contributed by atoms with van der Waals surface area (Å²) in [5.74, 6) is 0.370. The van der Waals surface area contributed by atoms with Gasteiger partial charge >= 0.3 is 0 Å². The molecule has 0 bridgehead atoms. The molecule has 1 fully saturated rings. The Bertz CT molecular complexity index is 462. The molecule has 2 N–H and O–H groups in total. The van der Waals surface area contributed by atoms with Crippen LogP contribution >= 0.6 is 0 Å². The van der Waals surface area contributed by atoms with Gasteiger partial charge < -0.3 is 10.6 Å². The van der Waals surface area contributed by atoms with E-state index in [4.69, 9.17) is 0 Å². The van der Waals surface area contributed by atoms with Crippen molar-refractivity contribution in [2.45, 2.75) is 33.2 Å². The van der Waals surface area contributed by atoms with Crippen molar-refractivity contribution in [2.75, 3.05) is 5.32 Å². The van der Waals surface area contributed by atoms with Crippen molar-refractivity contribution >= 4 is 17.5 Å². The lowest BCUT2D eigenvalue weighted by Crippen LogP contribution is -2.24. The maximum atomic E-state index is 11.5. The fraction of sp³-hybridized carbons (Fsp3) is 0.467. The molecule has 0 spiro atoms. The predicted octanol–water partition coefficient (Wildman–Crippen LogP) is 2.31. The number of nitrogens with one attached hydrogen (secondary N) is 2. The molecule has 102 valence electrons. The van der Waals surface area contributed by atoms with Crippen LogP contribution in [0, 0.1) is 11.8 Å². The molecule has 1 aromatic carbocycles. The first-order valence-corrected chi connectivity index (χ1v) is 6.74. The number of hydrogen-bond donors (Lipinski definition) is 2. The molecular weight excluding hydrogens is 240 g/mol. The van der Waals surface area contributed by atoms with Crippen LogP contribution in [0.2, 0.25) is 0 Å². The van der Waals surface area contributed by atoms with E-state index in [-0.39, 0.29) is 23.7 Å². The summed E-state index contributed by atoms with van der Waals surface area (Å²) in [7, 11) is 0. The molecule has 1 aromatic rings. The van der Waals surface area contributed by atoms with Crippen molar-refractivity contribution in [2.24, 2.45) is 11.8 Å². The maximum absolute atomic E-state index is 11.5. The highest BCUT2D eigenvalue weighted by atomic mass is 16.2. The van der Waals surface area contributed by atoms with Gasteiger partial charge in [-0.05, 0) is 30.5 Å². The van der Waals surface area contributed by atoms with E-state index in [0.717, 1.165) is 24.1 Å². The lowest BCUT2D eigenvalue weighted by atomic mass is 10.1. The second-order valence-electron chi connectivity index (χ2n) is 5.33. The molecule has 0 aliphatic heterocycles. The zero-order chi connectivity index (χ0) is 13.8. The zero-order valence-corrected chi connectivity index (χ0v) is 11.4. The Morgan fingerprint density at radius 2 is 1.84 bits per heavy atom. The Labute approximate surface area is 113 Å². The SMILES string of the molecule is CC(C)C(=O)Nc1ccc(CNC(=O)C2CC2)cc1. The highest BCUT2D eigenvalue weighted by Gasteiger charge is 2.29. The molecule has 4 nitrogen and oxygen atoms in total. The van der Waals surface area contributed by atoms with Gasteiger partial charge in [0, 0.05) is 24.1 Å². The van der Waals surface area contributed by atoms with Crippen LogP contribution in [-0.2, 0) is 16.1 Å². The lowest BCUT2D eigenvalue weighted by Gasteiger charge is -2.09. The second kappa shape index (κ2) is 5.87. The summed E-state index contributed by atoms with van der Waals surface area (Å²) >= 11 is 0. The molecule has 19 heavy (non-hydrogen) atoms. The van der Waals surface area contributed by atoms with Gasteiger partial charge in [-0.2, -0.15) is 0 Å². The summed E-state index contributed by atoms with van der Waals surface area (Å²) in [6.45, 7) is 4.27. The monoisotopic (exact) mass is 260 g/mol. The summed E-state index contributed by atoms with van der Waals surface area (Å²) in [5.41, 5.74) is 1.83. The number of rotatable bonds is 5. The number of benzene rings is 1. The predicted molar refractivity (Wildman–Crippen MR) is 74.5 cm³/mol. The molecule has 2 amide bonds. The Balaban J connectivity index is 1.83. The molecule has 1 aliphatic carbocycles. The van der Waals surface area contributed by atoms with Crippen molar-refractivity contribution in [3.63, 3.8) is 0 Å². The summed E-state index contributed by atoms with van der Waals surface area (Å²) in [4.78, 5) is 23.0. The molecular formula is C15H20N2O2. The standard InChI is InChI=1S/C15H20N2O2/c1-10(2)14(18)17-13-7-3-11(4-8-13)9-16-15(19)12-5-6-12/h3-4,7-8,10,12H,5-6,9H2,1-2H3,(H,16,19)(H,17,18). The van der Waals surface area contributed by atoms with E-state index in [0.29, 0.717) is 6.54 Å². The van der Waals surface area contributed by atoms with Crippen LogP contribution in [0.4, 0.5) is 5.69 Å². The van der Waals surface area contributed by atoms with Gasteiger partial charge in [-0.1, -0.05) is 26.0 Å². The van der Waals surface area contributed by atoms with Gasteiger partial charge in [-0.15, -0.1) is 0 Å². The van der Waals surface area contributed by atoms with Crippen LogP contribution in [0.5, 0.6) is 0 Å². The van der Waals surface area contributed by atoms with Crippen LogP contribution in [-0.4, -0.2) is 11.8 Å². The Morgan fingerprint density at radius 3 is 2.37 bits per heavy atom. The molecule has 0 radical (unpaired) electrons. The zero-order valence-electron chi connectivity index (χ0n) is 11.4. The molecule has 1 aliphatic rings. The van der Waals surface area contributed by atoms with Gasteiger partial charge in [0.25, 0.3) is 0 Å². The van der Waals surface area contributed by atoms with Gasteiger partial charge in [-0.25, -0.2) is 0 Å². The van der Waals surface area contributed by atoms with Crippen LogP contribution in [0.15, 0.2) is 24.3 Å². The number of amides is 2. The third kappa shape index (κ3) is 4.09. The smallest absolute Gasteiger partial charge is 0.226 e. The van der Waals surface area contributed by atoms with Crippen molar-refractivity contribution in [1.82, 2.24) is 5.32 Å². The highest BCUT2D eigenvalue weighted by Crippen LogP contribution is 2.28. The van der Waals surface area contributed by atoms with Crippen LogP contribution in [0.1, 0.15) is 32.3 Å². The number of hydrogen-bond acceptors (Lipinski definition) is 2. The minimum atomic E-state index is -0.0301. The fourth-order valence-corrected chi connectivity index (χ4v) is 1.67. The molecule has 4 heteroatoms. The average Bonchev–Trinajstić information content (AvgIpc) is 3.21. The van der Waals surface area contributed by atoms with Gasteiger partial charge in [0.15, 0.2) is 0 Å². The third-order valence-electron chi connectivity index (χ3n) is 3.16. The number of carbonyl (C=O) groups excluding carboxylic acids is 2. The van der Waals surface area contributed by atoms with E-state index >= 15 is 0 Å². The van der Waals surface area contributed by atoms with E-state index in [1.165, 1.54) is 0 Å². The topological polar surface area (TPSA) is 58.2 Å². The summed E-state index contributed by atoms with van der Waals surface area (Å²) in [6, 6.07) is 7.56. The van der Waals surface area contributed by atoms with Crippen LogP contribution in [0.25, 0.3) is 0 Å². The summed E-state index contributed by atoms with van der Waals surface area (Å²) in [5, 5.41) is 5.75. The van der Waals surface area contributed by atoms with Crippen molar-refractivity contribution in [1.29, 1.82) is 0 Å². The van der Waals surface area contributed by atoms with Crippen molar-refractivity contribution in [3.05, 3.63) is 29.8 Å². The fourth-order valence-electron chi connectivity index (χ4n) is 1.67. The van der Waals surface area contributed by atoms with Gasteiger partial charge in [0.1, 0.15) is 0 Å². The average molecular weight is 260 g/mol. The summed E-state index contributed by atoms with van der Waals surface area (Å²) in [6.07, 6.45) is 2.04. The largest absolute Gasteiger partial charge is 0.352 e. The van der Waals surface area contributed by atoms with E-state index in [1.807, 2.05) is 38.1 Å². The maximum Gasteiger partial charge on any atom is 0.226 e. The quantitative estimate of drug-likeness (QED) is 0.853. The molecule has 0 heterocycles. The molecule has 0 unspecified atom stereocenters. The van der Waals surface area contributed by atoms with Crippen molar-refractivity contribution in [3.8, 4) is 0 Å². The van der Waals surface area contributed by atoms with Crippen molar-refractivity contribution < 1.29 is 9.59 Å². The Hall–Kier alpha value is -1.84. The summed E-state index contributed by atoms with van der Waals surface area (Å²) < 4.78 is 0. The molecule has 1 saturated carbocycles. The first-order valence-electron chi connectivity index (χ1n) is 6.74. The Morgan fingerprint density at radius 1 is 1.21 bits per heavy atom. The van der Waals surface area contributed by atoms with Gasteiger partial charge in [0.2, 0.25) is 11.8 Å². The first kappa shape index (κ1) is 13.6. The number of anilines is 1. The van der Waals surface area contributed by atoms with Crippen LogP contribution < -0.4 is 10.6 Å². The number of carbonyl (C=O) groups is 2. The first-order chi connectivity index (χ1) is 9.06. The van der Waals surface area contributed by atoms with Gasteiger partial charge in [0.05, 0.1) is 0 Å². The Kier molecular flexibility index (Phi) is 4.20. The van der Waals surface area contributed by atoms with Crippen LogP contribution in [0.3, 0.4) is 0 Å². The van der Waals surface area contributed by atoms with E-state index in [9.17, 15) is 9.59 Å². The van der Waals surface area contributed by atoms with E-state index in [2.05, 4.69) is 10.6 Å². The van der Waals surface area contributed by atoms with E-state index < -0.39 is 0 Å². The van der Waals surface area contributed by atoms with Gasteiger partial charge in [-0.3, -0.25) is 9.59 Å². The third-order valence-corrected chi connectivity index (χ3v) is 3.16. The molecule has 0 aromatic heterocycles. The molecule has 2 rings (SSSR count). The normalized spacial score (nSPS) is 14.3. The molecule has 0 saturated heterocycles. The minimum absolute atomic E-state index is 0.00906. The highest BCUT2D eigenvalue weighted by molar-refractivity contribution is 5.92. The lowest BCUT2D eigenvalue weighted by molar-refractivity contribution is -0.122. The van der Waals surface area contributed by atoms with E-state index in [1.54, 1.807) is 0 Å². The minimum Gasteiger partial charge on any atom is -0.352 e.